The van der Waals surface area contributed by atoms with Gasteiger partial charge in [-0.05, 0) is 36.4 Å². The smallest absolute Gasteiger partial charge is 0.261 e. The van der Waals surface area contributed by atoms with E-state index in [2.05, 4.69) is 15.3 Å². The van der Waals surface area contributed by atoms with Crippen molar-refractivity contribution in [2.45, 2.75) is 6.54 Å². The van der Waals surface area contributed by atoms with Gasteiger partial charge >= 0.3 is 0 Å². The van der Waals surface area contributed by atoms with Gasteiger partial charge in [-0.1, -0.05) is 24.3 Å². The highest BCUT2D eigenvalue weighted by atomic mass is 16.5. The van der Waals surface area contributed by atoms with Crippen LogP contribution >= 0.6 is 0 Å². The number of rotatable bonds is 8. The molecule has 0 aliphatic carbocycles. The fourth-order valence-corrected chi connectivity index (χ4v) is 2.80. The largest absolute Gasteiger partial charge is 0.492 e. The molecular formula is C23H20N4O3. The zero-order valence-corrected chi connectivity index (χ0v) is 16.1. The van der Waals surface area contributed by atoms with Crippen LogP contribution in [0.3, 0.4) is 0 Å². The van der Waals surface area contributed by atoms with E-state index in [0.29, 0.717) is 35.9 Å². The molecule has 0 saturated heterocycles. The van der Waals surface area contributed by atoms with E-state index in [1.54, 1.807) is 55.1 Å². The average molecular weight is 400 g/mol. The molecule has 4 aromatic rings. The predicted octanol–water partition coefficient (Wildman–Crippen LogP) is 4.40. The van der Waals surface area contributed by atoms with E-state index in [1.165, 1.54) is 0 Å². The first-order valence-corrected chi connectivity index (χ1v) is 9.46. The summed E-state index contributed by atoms with van der Waals surface area (Å²) in [4.78, 5) is 21.0. The van der Waals surface area contributed by atoms with Crippen LogP contribution < -0.4 is 14.8 Å². The molecule has 150 valence electrons. The van der Waals surface area contributed by atoms with Gasteiger partial charge in [0.25, 0.3) is 5.91 Å². The molecule has 2 heterocycles. The van der Waals surface area contributed by atoms with Crippen LogP contribution in [0.5, 0.6) is 17.4 Å². The second-order valence-electron chi connectivity index (χ2n) is 6.40. The fraction of sp³-hybridized carbons (Fsp3) is 0.0870. The highest BCUT2D eigenvalue weighted by molar-refractivity contribution is 6.05. The number of amides is 1. The lowest BCUT2D eigenvalue weighted by molar-refractivity contribution is 0.102. The van der Waals surface area contributed by atoms with E-state index in [1.807, 2.05) is 41.1 Å². The summed E-state index contributed by atoms with van der Waals surface area (Å²) in [6.07, 6.45) is 6.93. The van der Waals surface area contributed by atoms with Crippen LogP contribution in [0, 0.1) is 0 Å². The van der Waals surface area contributed by atoms with Crippen LogP contribution in [-0.2, 0) is 6.54 Å². The number of benzene rings is 2. The molecule has 0 atom stereocenters. The topological polar surface area (TPSA) is 78.3 Å². The van der Waals surface area contributed by atoms with Crippen molar-refractivity contribution in [2.75, 3.05) is 11.9 Å². The molecule has 0 fully saturated rings. The first-order chi connectivity index (χ1) is 14.8. The number of ether oxygens (including phenoxy) is 2. The maximum absolute atomic E-state index is 12.8. The van der Waals surface area contributed by atoms with Crippen LogP contribution in [0.1, 0.15) is 10.4 Å². The Morgan fingerprint density at radius 1 is 0.967 bits per heavy atom. The quantitative estimate of drug-likeness (QED) is 0.474. The first kappa shape index (κ1) is 19.2. The van der Waals surface area contributed by atoms with E-state index in [0.717, 1.165) is 0 Å². The van der Waals surface area contributed by atoms with Crippen LogP contribution in [-0.4, -0.2) is 27.0 Å². The lowest BCUT2D eigenvalue weighted by atomic mass is 10.2. The summed E-state index contributed by atoms with van der Waals surface area (Å²) in [7, 11) is 0. The number of carbonyl (C=O) groups is 1. The molecule has 0 aliphatic heterocycles. The Morgan fingerprint density at radius 2 is 1.83 bits per heavy atom. The van der Waals surface area contributed by atoms with Crippen molar-refractivity contribution in [1.29, 1.82) is 0 Å². The van der Waals surface area contributed by atoms with Crippen LogP contribution in [0.4, 0.5) is 5.69 Å². The molecule has 1 N–H and O–H groups in total. The second-order valence-corrected chi connectivity index (χ2v) is 6.40. The number of hydrogen-bond donors (Lipinski definition) is 1. The summed E-state index contributed by atoms with van der Waals surface area (Å²) in [5.74, 6) is 1.21. The van der Waals surface area contributed by atoms with Gasteiger partial charge in [0.05, 0.1) is 12.9 Å². The van der Waals surface area contributed by atoms with Crippen molar-refractivity contribution < 1.29 is 14.3 Å². The van der Waals surface area contributed by atoms with Crippen LogP contribution in [0.15, 0.2) is 91.6 Å². The van der Waals surface area contributed by atoms with Crippen molar-refractivity contribution in [2.24, 2.45) is 0 Å². The maximum Gasteiger partial charge on any atom is 0.261 e. The van der Waals surface area contributed by atoms with E-state index in [4.69, 9.17) is 9.47 Å². The standard InChI is InChI=1S/C23H20N4O3/c28-22(21-10-5-11-25-23(21)30-19-7-2-1-3-8-19)26-18-6-4-9-20(16-18)29-15-14-27-13-12-24-17-27/h1-13,16-17H,14-15H2,(H,26,28). The number of nitrogens with one attached hydrogen (secondary N) is 1. The number of hydrogen-bond acceptors (Lipinski definition) is 5. The minimum absolute atomic E-state index is 0.244. The average Bonchev–Trinajstić information content (AvgIpc) is 3.29. The monoisotopic (exact) mass is 400 g/mol. The zero-order chi connectivity index (χ0) is 20.6. The van der Waals surface area contributed by atoms with Gasteiger partial charge in [-0.25, -0.2) is 9.97 Å². The predicted molar refractivity (Wildman–Crippen MR) is 113 cm³/mol. The minimum Gasteiger partial charge on any atom is -0.492 e. The number of pyridine rings is 1. The van der Waals surface area contributed by atoms with Gasteiger partial charge in [-0.2, -0.15) is 0 Å². The number of carbonyl (C=O) groups excluding carboxylic acids is 1. The molecule has 1 amide bonds. The normalized spacial score (nSPS) is 10.4. The number of aromatic nitrogens is 3. The Morgan fingerprint density at radius 3 is 2.67 bits per heavy atom. The third-order valence-corrected chi connectivity index (χ3v) is 4.24. The van der Waals surface area contributed by atoms with E-state index in [9.17, 15) is 4.79 Å². The van der Waals surface area contributed by atoms with Gasteiger partial charge in [0.2, 0.25) is 5.88 Å². The Hall–Kier alpha value is -4.13. The lowest BCUT2D eigenvalue weighted by Gasteiger charge is -2.11. The van der Waals surface area contributed by atoms with Gasteiger partial charge in [-0.3, -0.25) is 4.79 Å². The second kappa shape index (κ2) is 9.38. The van der Waals surface area contributed by atoms with Crippen molar-refractivity contribution in [3.05, 3.63) is 97.2 Å². The highest BCUT2D eigenvalue weighted by Crippen LogP contribution is 2.24. The van der Waals surface area contributed by atoms with E-state index in [-0.39, 0.29) is 11.8 Å². The van der Waals surface area contributed by atoms with Gasteiger partial charge in [-0.15, -0.1) is 0 Å². The van der Waals surface area contributed by atoms with E-state index >= 15 is 0 Å². The van der Waals surface area contributed by atoms with Gasteiger partial charge in [0.1, 0.15) is 23.7 Å². The summed E-state index contributed by atoms with van der Waals surface area (Å²) in [6.45, 7) is 1.18. The molecule has 7 heteroatoms. The third kappa shape index (κ3) is 5.02. The highest BCUT2D eigenvalue weighted by Gasteiger charge is 2.15. The molecule has 4 rings (SSSR count). The molecule has 0 unspecified atom stereocenters. The molecule has 2 aromatic carbocycles. The number of para-hydroxylation sites is 1. The number of imidazole rings is 1. The van der Waals surface area contributed by atoms with Crippen molar-refractivity contribution in [3.63, 3.8) is 0 Å². The zero-order valence-electron chi connectivity index (χ0n) is 16.1. The van der Waals surface area contributed by atoms with Crippen molar-refractivity contribution in [3.8, 4) is 17.4 Å². The molecule has 0 saturated carbocycles. The van der Waals surface area contributed by atoms with E-state index < -0.39 is 0 Å². The molecule has 30 heavy (non-hydrogen) atoms. The number of nitrogens with zero attached hydrogens (tertiary/aromatic N) is 3. The minimum atomic E-state index is -0.315. The summed E-state index contributed by atoms with van der Waals surface area (Å²) >= 11 is 0. The molecule has 0 radical (unpaired) electrons. The molecular weight excluding hydrogens is 380 g/mol. The summed E-state index contributed by atoms with van der Waals surface area (Å²) in [6, 6.07) is 19.8. The first-order valence-electron chi connectivity index (χ1n) is 9.46. The Bertz CT molecular complexity index is 1100. The molecule has 2 aromatic heterocycles. The van der Waals surface area contributed by atoms with Gasteiger partial charge < -0.3 is 19.4 Å². The number of anilines is 1. The summed E-state index contributed by atoms with van der Waals surface area (Å²) < 4.78 is 13.5. The maximum atomic E-state index is 12.8. The summed E-state index contributed by atoms with van der Waals surface area (Å²) in [5, 5.41) is 2.87. The SMILES string of the molecule is O=C(Nc1cccc(OCCn2ccnc2)c1)c1cccnc1Oc1ccccc1. The molecule has 0 spiro atoms. The van der Waals surface area contributed by atoms with Gasteiger partial charge in [0.15, 0.2) is 0 Å². The third-order valence-electron chi connectivity index (χ3n) is 4.24. The summed E-state index contributed by atoms with van der Waals surface area (Å²) in [5.41, 5.74) is 0.961. The lowest BCUT2D eigenvalue weighted by Crippen LogP contribution is -2.14. The molecule has 0 bridgehead atoms. The Kier molecular flexibility index (Phi) is 6.00. The molecule has 0 aliphatic rings. The van der Waals surface area contributed by atoms with Crippen molar-refractivity contribution in [1.82, 2.24) is 14.5 Å². The van der Waals surface area contributed by atoms with Gasteiger partial charge in [0, 0.05) is 30.3 Å². The fourth-order valence-electron chi connectivity index (χ4n) is 2.80. The molecule has 7 nitrogen and oxygen atoms in total. The van der Waals surface area contributed by atoms with Crippen molar-refractivity contribution >= 4 is 11.6 Å². The Balaban J connectivity index is 1.41. The van der Waals surface area contributed by atoms with Crippen LogP contribution in [0.2, 0.25) is 0 Å². The van der Waals surface area contributed by atoms with Crippen LogP contribution in [0.25, 0.3) is 0 Å². The Labute approximate surface area is 173 Å².